The Morgan fingerprint density at radius 2 is 1.85 bits per heavy atom. The number of amides is 1. The number of ketones is 1. The van der Waals surface area contributed by atoms with Gasteiger partial charge in [0.15, 0.2) is 12.4 Å². The average molecular weight is 379 g/mol. The van der Waals surface area contributed by atoms with Crippen LogP contribution in [0.3, 0.4) is 0 Å². The van der Waals surface area contributed by atoms with Gasteiger partial charge in [-0.05, 0) is 37.3 Å². The second-order valence-corrected chi connectivity index (χ2v) is 6.19. The lowest BCUT2D eigenvalue weighted by molar-refractivity contribution is -0.144. The van der Waals surface area contributed by atoms with Gasteiger partial charge in [0.1, 0.15) is 11.6 Å². The van der Waals surface area contributed by atoms with E-state index in [1.807, 2.05) is 0 Å². The van der Waals surface area contributed by atoms with Crippen LogP contribution in [-0.2, 0) is 14.3 Å². The highest BCUT2D eigenvalue weighted by Gasteiger charge is 2.13. The quantitative estimate of drug-likeness (QED) is 0.453. The topological polar surface area (TPSA) is 72.5 Å². The van der Waals surface area contributed by atoms with Crippen molar-refractivity contribution in [3.05, 3.63) is 59.7 Å². The first-order valence-electron chi connectivity index (χ1n) is 7.50. The third kappa shape index (κ3) is 5.66. The van der Waals surface area contributed by atoms with Crippen molar-refractivity contribution in [2.24, 2.45) is 0 Å². The predicted molar refractivity (Wildman–Crippen MR) is 93.1 cm³/mol. The molecular weight excluding hydrogens is 364 g/mol. The van der Waals surface area contributed by atoms with Crippen molar-refractivity contribution in [3.8, 4) is 0 Å². The Hall–Kier alpha value is -2.74. The lowest BCUT2D eigenvalue weighted by Crippen LogP contribution is -2.22. The molecule has 0 unspecified atom stereocenters. The summed E-state index contributed by atoms with van der Waals surface area (Å²) < 4.78 is 31.3. The minimum Gasteiger partial charge on any atom is -0.455 e. The molecule has 0 aliphatic heterocycles. The fourth-order valence-corrected chi connectivity index (χ4v) is 2.76. The number of benzene rings is 2. The summed E-state index contributed by atoms with van der Waals surface area (Å²) in [4.78, 5) is 35.0. The van der Waals surface area contributed by atoms with E-state index in [-0.39, 0.29) is 16.4 Å². The Morgan fingerprint density at radius 3 is 2.58 bits per heavy atom. The number of para-hydroxylation sites is 1. The summed E-state index contributed by atoms with van der Waals surface area (Å²) in [6.07, 6.45) is 0. The van der Waals surface area contributed by atoms with Crippen molar-refractivity contribution in [2.75, 3.05) is 17.7 Å². The Labute approximate surface area is 152 Å². The molecule has 2 rings (SSSR count). The number of carbonyl (C=O) groups is 3. The monoisotopic (exact) mass is 379 g/mol. The fraction of sp³-hybridized carbons (Fsp3) is 0.167. The number of rotatable bonds is 7. The maximum absolute atomic E-state index is 13.4. The summed E-state index contributed by atoms with van der Waals surface area (Å²) >= 11 is 0.765. The van der Waals surface area contributed by atoms with Crippen LogP contribution in [0.15, 0.2) is 47.4 Å². The predicted octanol–water partition coefficient (Wildman–Crippen LogP) is 3.44. The van der Waals surface area contributed by atoms with Gasteiger partial charge in [-0.15, -0.1) is 11.8 Å². The zero-order valence-corrected chi connectivity index (χ0v) is 14.6. The number of nitrogens with one attached hydrogen (secondary N) is 1. The molecule has 8 heteroatoms. The Kier molecular flexibility index (Phi) is 6.85. The maximum atomic E-state index is 13.4. The third-order valence-corrected chi connectivity index (χ3v) is 4.19. The summed E-state index contributed by atoms with van der Waals surface area (Å²) in [5.74, 6) is -3.14. The van der Waals surface area contributed by atoms with Gasteiger partial charge in [-0.3, -0.25) is 14.4 Å². The largest absolute Gasteiger partial charge is 0.455 e. The number of esters is 1. The van der Waals surface area contributed by atoms with Crippen molar-refractivity contribution in [1.82, 2.24) is 0 Å². The van der Waals surface area contributed by atoms with E-state index in [1.165, 1.54) is 6.92 Å². The van der Waals surface area contributed by atoms with Crippen molar-refractivity contribution >= 4 is 35.1 Å². The molecule has 0 aromatic heterocycles. The molecule has 26 heavy (non-hydrogen) atoms. The number of ether oxygens (including phenoxy) is 1. The van der Waals surface area contributed by atoms with Crippen LogP contribution < -0.4 is 5.32 Å². The molecule has 0 atom stereocenters. The molecule has 136 valence electrons. The maximum Gasteiger partial charge on any atom is 0.316 e. The van der Waals surface area contributed by atoms with E-state index in [1.54, 1.807) is 24.3 Å². The number of Topliss-reactive ketones (excluding diaryl/α,β-unsaturated/α-hetero) is 1. The average Bonchev–Trinajstić information content (AvgIpc) is 2.61. The Morgan fingerprint density at radius 1 is 1.12 bits per heavy atom. The van der Waals surface area contributed by atoms with Gasteiger partial charge in [0.25, 0.3) is 5.91 Å². The molecular formula is C18H15F2NO4S. The minimum absolute atomic E-state index is 0.0261. The van der Waals surface area contributed by atoms with Crippen LogP contribution in [0.4, 0.5) is 14.5 Å². The molecule has 0 saturated carbocycles. The number of halogens is 2. The van der Waals surface area contributed by atoms with Crippen LogP contribution in [0.5, 0.6) is 0 Å². The molecule has 0 aliphatic rings. The van der Waals surface area contributed by atoms with Gasteiger partial charge in [-0.2, -0.15) is 0 Å². The fourth-order valence-electron chi connectivity index (χ4n) is 2.00. The summed E-state index contributed by atoms with van der Waals surface area (Å²) in [5.41, 5.74) is 0.654. The lowest BCUT2D eigenvalue weighted by atomic mass is 10.1. The van der Waals surface area contributed by atoms with Crippen molar-refractivity contribution in [1.29, 1.82) is 0 Å². The Balaban J connectivity index is 1.83. The normalized spacial score (nSPS) is 10.3. The highest BCUT2D eigenvalue weighted by atomic mass is 32.2. The van der Waals surface area contributed by atoms with E-state index in [2.05, 4.69) is 5.32 Å². The summed E-state index contributed by atoms with van der Waals surface area (Å²) in [5, 5.41) is 2.48. The molecule has 0 aliphatic carbocycles. The van der Waals surface area contributed by atoms with Gasteiger partial charge in [-0.1, -0.05) is 12.1 Å². The van der Waals surface area contributed by atoms with Crippen LogP contribution in [0.25, 0.3) is 0 Å². The number of hydrogen-bond donors (Lipinski definition) is 1. The van der Waals surface area contributed by atoms with Gasteiger partial charge in [0, 0.05) is 10.5 Å². The van der Waals surface area contributed by atoms with E-state index >= 15 is 0 Å². The first kappa shape index (κ1) is 19.6. The minimum atomic E-state index is -0.756. The molecule has 0 radical (unpaired) electrons. The molecule has 0 fully saturated rings. The van der Waals surface area contributed by atoms with Gasteiger partial charge >= 0.3 is 5.97 Å². The highest BCUT2D eigenvalue weighted by Crippen LogP contribution is 2.22. The highest BCUT2D eigenvalue weighted by molar-refractivity contribution is 8.00. The molecule has 0 saturated heterocycles. The zero-order chi connectivity index (χ0) is 19.1. The standard InChI is InChI=1S/C18H15F2NO4S/c1-11(22)13-4-2-3-5-15(13)21-17(23)9-25-18(24)10-26-16-8-12(19)6-7-14(16)20/h2-8H,9-10H2,1H3,(H,21,23). The number of thioether (sulfide) groups is 1. The molecule has 0 bridgehead atoms. The molecule has 2 aromatic rings. The van der Waals surface area contributed by atoms with Crippen LogP contribution in [-0.4, -0.2) is 30.0 Å². The van der Waals surface area contributed by atoms with E-state index < -0.39 is 30.1 Å². The van der Waals surface area contributed by atoms with Crippen LogP contribution in [0.2, 0.25) is 0 Å². The van der Waals surface area contributed by atoms with Crippen molar-refractivity contribution in [3.63, 3.8) is 0 Å². The molecule has 1 N–H and O–H groups in total. The molecule has 2 aromatic carbocycles. The Bertz CT molecular complexity index is 842. The molecule has 1 amide bonds. The van der Waals surface area contributed by atoms with E-state index in [0.717, 1.165) is 30.0 Å². The second kappa shape index (κ2) is 9.10. The van der Waals surface area contributed by atoms with E-state index in [0.29, 0.717) is 11.3 Å². The summed E-state index contributed by atoms with van der Waals surface area (Å²) in [6.45, 7) is 0.811. The number of hydrogen-bond acceptors (Lipinski definition) is 5. The molecule has 5 nitrogen and oxygen atoms in total. The van der Waals surface area contributed by atoms with E-state index in [9.17, 15) is 23.2 Å². The van der Waals surface area contributed by atoms with Crippen LogP contribution in [0.1, 0.15) is 17.3 Å². The van der Waals surface area contributed by atoms with Gasteiger partial charge < -0.3 is 10.1 Å². The number of carbonyl (C=O) groups excluding carboxylic acids is 3. The first-order chi connectivity index (χ1) is 12.4. The van der Waals surface area contributed by atoms with Gasteiger partial charge in [-0.25, -0.2) is 8.78 Å². The van der Waals surface area contributed by atoms with Crippen molar-refractivity contribution < 1.29 is 27.9 Å². The molecule has 0 heterocycles. The first-order valence-corrected chi connectivity index (χ1v) is 8.48. The number of anilines is 1. The SMILES string of the molecule is CC(=O)c1ccccc1NC(=O)COC(=O)CSc1cc(F)ccc1F. The van der Waals surface area contributed by atoms with Gasteiger partial charge in [0.05, 0.1) is 11.4 Å². The lowest BCUT2D eigenvalue weighted by Gasteiger charge is -2.09. The van der Waals surface area contributed by atoms with E-state index in [4.69, 9.17) is 4.74 Å². The second-order valence-electron chi connectivity index (χ2n) is 5.17. The van der Waals surface area contributed by atoms with Crippen LogP contribution in [0, 0.1) is 11.6 Å². The van der Waals surface area contributed by atoms with Gasteiger partial charge in [0.2, 0.25) is 0 Å². The summed E-state index contributed by atoms with van der Waals surface area (Å²) in [6, 6.07) is 9.34. The third-order valence-electron chi connectivity index (χ3n) is 3.18. The summed E-state index contributed by atoms with van der Waals surface area (Å²) in [7, 11) is 0. The molecule has 0 spiro atoms. The smallest absolute Gasteiger partial charge is 0.316 e. The van der Waals surface area contributed by atoms with Crippen molar-refractivity contribution in [2.45, 2.75) is 11.8 Å². The van der Waals surface area contributed by atoms with Crippen LogP contribution >= 0.6 is 11.8 Å². The zero-order valence-electron chi connectivity index (χ0n) is 13.8.